The van der Waals surface area contributed by atoms with Crippen LogP contribution in [0.2, 0.25) is 0 Å². The third kappa shape index (κ3) is 7.12. The maximum atomic E-state index is 6.31. The first kappa shape index (κ1) is 18.9. The van der Waals surface area contributed by atoms with Crippen molar-refractivity contribution in [3.8, 4) is 0 Å². The van der Waals surface area contributed by atoms with Crippen LogP contribution in [0.3, 0.4) is 0 Å². The van der Waals surface area contributed by atoms with E-state index < -0.39 is 0 Å². The van der Waals surface area contributed by atoms with Gasteiger partial charge in [0.15, 0.2) is 0 Å². The molecule has 0 aromatic heterocycles. The Balaban J connectivity index is 2.44. The maximum absolute atomic E-state index is 6.31. The Hall–Kier alpha value is -0.120. The number of rotatable bonds is 10. The topological polar surface area (TPSA) is 30.5 Å². The first-order valence-corrected chi connectivity index (χ1v) is 8.94. The quantitative estimate of drug-likeness (QED) is 0.618. The van der Waals surface area contributed by atoms with Crippen LogP contribution in [-0.2, 0) is 9.47 Å². The molecule has 1 N–H and O–H groups in total. The molecule has 1 fully saturated rings. The van der Waals surface area contributed by atoms with Gasteiger partial charge in [0.05, 0.1) is 18.8 Å². The highest BCUT2D eigenvalue weighted by molar-refractivity contribution is 4.90. The van der Waals surface area contributed by atoms with Crippen molar-refractivity contribution in [3.63, 3.8) is 0 Å². The van der Waals surface area contributed by atoms with Crippen LogP contribution in [0.4, 0.5) is 0 Å². The zero-order chi connectivity index (χ0) is 15.7. The van der Waals surface area contributed by atoms with E-state index in [2.05, 4.69) is 39.9 Å². The molecule has 0 unspecified atom stereocenters. The number of nitrogens with one attached hydrogen (secondary N) is 1. The summed E-state index contributed by atoms with van der Waals surface area (Å²) < 4.78 is 11.9. The lowest BCUT2D eigenvalue weighted by molar-refractivity contribution is -0.0957. The van der Waals surface area contributed by atoms with E-state index >= 15 is 0 Å². The summed E-state index contributed by atoms with van der Waals surface area (Å²) in [6.07, 6.45) is 6.04. The summed E-state index contributed by atoms with van der Waals surface area (Å²) >= 11 is 0. The fourth-order valence-electron chi connectivity index (χ4n) is 3.16. The summed E-state index contributed by atoms with van der Waals surface area (Å²) in [7, 11) is 0. The third-order valence-electron chi connectivity index (χ3n) is 4.70. The lowest BCUT2D eigenvalue weighted by Gasteiger charge is -2.42. The van der Waals surface area contributed by atoms with E-state index in [9.17, 15) is 0 Å². The highest BCUT2D eigenvalue weighted by atomic mass is 16.5. The van der Waals surface area contributed by atoms with E-state index in [0.717, 1.165) is 44.6 Å². The first-order valence-electron chi connectivity index (χ1n) is 8.94. The maximum Gasteiger partial charge on any atom is 0.0807 e. The molecule has 126 valence electrons. The lowest BCUT2D eigenvalue weighted by Crippen LogP contribution is -2.48. The zero-order valence-electron chi connectivity index (χ0n) is 14.9. The SMILES string of the molecule is CCCOCCOC1(CNC(C)C)CCC(C(C)C)CC1. The van der Waals surface area contributed by atoms with Crippen LogP contribution < -0.4 is 5.32 Å². The molecule has 0 saturated heterocycles. The predicted molar refractivity (Wildman–Crippen MR) is 89.7 cm³/mol. The van der Waals surface area contributed by atoms with Crippen LogP contribution in [0.25, 0.3) is 0 Å². The predicted octanol–water partition coefficient (Wildman–Crippen LogP) is 4.01. The van der Waals surface area contributed by atoms with E-state index in [4.69, 9.17) is 9.47 Å². The van der Waals surface area contributed by atoms with Crippen LogP contribution in [0.5, 0.6) is 0 Å². The van der Waals surface area contributed by atoms with Crippen molar-refractivity contribution in [1.82, 2.24) is 5.32 Å². The second kappa shape index (κ2) is 9.81. The average Bonchev–Trinajstić information content (AvgIpc) is 2.45. The Morgan fingerprint density at radius 1 is 1.05 bits per heavy atom. The van der Waals surface area contributed by atoms with Crippen molar-refractivity contribution in [2.75, 3.05) is 26.4 Å². The summed E-state index contributed by atoms with van der Waals surface area (Å²) in [4.78, 5) is 0. The summed E-state index contributed by atoms with van der Waals surface area (Å²) in [5.41, 5.74) is 0.0330. The highest BCUT2D eigenvalue weighted by Crippen LogP contribution is 2.37. The average molecular weight is 299 g/mol. The van der Waals surface area contributed by atoms with Crippen LogP contribution >= 0.6 is 0 Å². The number of hydrogen-bond donors (Lipinski definition) is 1. The largest absolute Gasteiger partial charge is 0.379 e. The summed E-state index contributed by atoms with van der Waals surface area (Å²) in [5.74, 6) is 1.67. The Morgan fingerprint density at radius 3 is 2.24 bits per heavy atom. The van der Waals surface area contributed by atoms with Crippen LogP contribution in [-0.4, -0.2) is 38.0 Å². The van der Waals surface area contributed by atoms with Gasteiger partial charge in [-0.1, -0.05) is 34.6 Å². The number of ether oxygens (including phenoxy) is 2. The molecule has 3 nitrogen and oxygen atoms in total. The van der Waals surface area contributed by atoms with Gasteiger partial charge >= 0.3 is 0 Å². The fraction of sp³-hybridized carbons (Fsp3) is 1.00. The molecule has 0 spiro atoms. The monoisotopic (exact) mass is 299 g/mol. The van der Waals surface area contributed by atoms with Gasteiger partial charge in [0, 0.05) is 19.2 Å². The molecule has 1 saturated carbocycles. The molecule has 1 aliphatic rings. The second-order valence-corrected chi connectivity index (χ2v) is 7.26. The van der Waals surface area contributed by atoms with Gasteiger partial charge in [0.1, 0.15) is 0 Å². The molecule has 0 aromatic carbocycles. The van der Waals surface area contributed by atoms with Crippen LogP contribution in [0.15, 0.2) is 0 Å². The van der Waals surface area contributed by atoms with Gasteiger partial charge in [-0.15, -0.1) is 0 Å². The molecule has 0 atom stereocenters. The molecular formula is C18H37NO2. The Kier molecular flexibility index (Phi) is 8.84. The van der Waals surface area contributed by atoms with Crippen molar-refractivity contribution in [3.05, 3.63) is 0 Å². The zero-order valence-corrected chi connectivity index (χ0v) is 14.9. The molecular weight excluding hydrogens is 262 g/mol. The fourth-order valence-corrected chi connectivity index (χ4v) is 3.16. The van der Waals surface area contributed by atoms with Gasteiger partial charge in [-0.3, -0.25) is 0 Å². The minimum absolute atomic E-state index is 0.0330. The van der Waals surface area contributed by atoms with Gasteiger partial charge in [0.25, 0.3) is 0 Å². The normalized spacial score (nSPS) is 26.7. The van der Waals surface area contributed by atoms with E-state index in [1.165, 1.54) is 25.7 Å². The van der Waals surface area contributed by atoms with Crippen molar-refractivity contribution in [2.24, 2.45) is 11.8 Å². The molecule has 0 heterocycles. The third-order valence-corrected chi connectivity index (χ3v) is 4.70. The van der Waals surface area contributed by atoms with Gasteiger partial charge in [-0.05, 0) is 43.9 Å². The summed E-state index contributed by atoms with van der Waals surface area (Å²) in [6.45, 7) is 14.5. The van der Waals surface area contributed by atoms with Crippen molar-refractivity contribution >= 4 is 0 Å². The van der Waals surface area contributed by atoms with Crippen molar-refractivity contribution < 1.29 is 9.47 Å². The van der Waals surface area contributed by atoms with Crippen molar-refractivity contribution in [2.45, 2.75) is 78.4 Å². The lowest BCUT2D eigenvalue weighted by atomic mass is 9.74. The Morgan fingerprint density at radius 2 is 1.71 bits per heavy atom. The van der Waals surface area contributed by atoms with Gasteiger partial charge < -0.3 is 14.8 Å². The summed E-state index contributed by atoms with van der Waals surface area (Å²) in [6, 6.07) is 0.518. The minimum Gasteiger partial charge on any atom is -0.379 e. The Labute approximate surface area is 132 Å². The molecule has 0 bridgehead atoms. The molecule has 1 rings (SSSR count). The van der Waals surface area contributed by atoms with E-state index in [0.29, 0.717) is 6.04 Å². The molecule has 0 radical (unpaired) electrons. The standard InChI is InChI=1S/C18H37NO2/c1-6-11-20-12-13-21-18(14-19-16(4)5)9-7-17(8-10-18)15(2)3/h15-17,19H,6-14H2,1-5H3. The molecule has 0 aromatic rings. The van der Waals surface area contributed by atoms with E-state index in [1.807, 2.05) is 0 Å². The smallest absolute Gasteiger partial charge is 0.0807 e. The van der Waals surface area contributed by atoms with Crippen LogP contribution in [0.1, 0.15) is 66.7 Å². The van der Waals surface area contributed by atoms with E-state index in [1.54, 1.807) is 0 Å². The summed E-state index contributed by atoms with van der Waals surface area (Å²) in [5, 5.41) is 3.59. The highest BCUT2D eigenvalue weighted by Gasteiger charge is 2.36. The molecule has 21 heavy (non-hydrogen) atoms. The van der Waals surface area contributed by atoms with Crippen molar-refractivity contribution in [1.29, 1.82) is 0 Å². The molecule has 0 amide bonds. The first-order chi connectivity index (χ1) is 9.99. The molecule has 1 aliphatic carbocycles. The van der Waals surface area contributed by atoms with E-state index in [-0.39, 0.29) is 5.60 Å². The van der Waals surface area contributed by atoms with Crippen LogP contribution in [0, 0.1) is 11.8 Å². The van der Waals surface area contributed by atoms with Gasteiger partial charge in [-0.25, -0.2) is 0 Å². The van der Waals surface area contributed by atoms with Gasteiger partial charge in [-0.2, -0.15) is 0 Å². The minimum atomic E-state index is 0.0330. The molecule has 0 aliphatic heterocycles. The second-order valence-electron chi connectivity index (χ2n) is 7.26. The van der Waals surface area contributed by atoms with Gasteiger partial charge in [0.2, 0.25) is 0 Å². The number of hydrogen-bond acceptors (Lipinski definition) is 3. The molecule has 3 heteroatoms. The Bertz CT molecular complexity index is 258.